The molecule has 1 atom stereocenters. The zero-order valence-electron chi connectivity index (χ0n) is 18.3. The molecule has 7 heteroatoms. The summed E-state index contributed by atoms with van der Waals surface area (Å²) in [5.41, 5.74) is 3.63. The molecule has 0 aromatic heterocycles. The van der Waals surface area contributed by atoms with Crippen molar-refractivity contribution in [3.8, 4) is 0 Å². The fourth-order valence-corrected chi connectivity index (χ4v) is 4.89. The lowest BCUT2D eigenvalue weighted by Crippen LogP contribution is -2.48. The number of aryl methyl sites for hydroxylation is 1. The number of nitrogens with zero attached hydrogens (tertiary/aromatic N) is 3. The van der Waals surface area contributed by atoms with Crippen LogP contribution in [0.5, 0.6) is 0 Å². The summed E-state index contributed by atoms with van der Waals surface area (Å²) >= 11 is 0. The average Bonchev–Trinajstić information content (AvgIpc) is 3.44. The second-order valence-electron chi connectivity index (χ2n) is 8.76. The molecule has 0 bridgehead atoms. The number of ether oxygens (including phenoxy) is 2. The molecule has 0 saturated carbocycles. The van der Waals surface area contributed by atoms with Crippen LogP contribution in [0.1, 0.15) is 42.0 Å². The molecule has 5 rings (SSSR count). The molecule has 0 radical (unpaired) electrons. The van der Waals surface area contributed by atoms with Gasteiger partial charge in [-0.05, 0) is 30.2 Å². The molecule has 2 aromatic rings. The van der Waals surface area contributed by atoms with Crippen molar-refractivity contribution in [2.45, 2.75) is 38.0 Å². The highest BCUT2D eigenvalue weighted by molar-refractivity contribution is 6.03. The summed E-state index contributed by atoms with van der Waals surface area (Å²) in [4.78, 5) is 15.5. The molecule has 2 aromatic carbocycles. The Morgan fingerprint density at radius 3 is 2.59 bits per heavy atom. The van der Waals surface area contributed by atoms with Gasteiger partial charge in [0, 0.05) is 37.9 Å². The number of amides is 1. The van der Waals surface area contributed by atoms with Crippen molar-refractivity contribution in [3.05, 3.63) is 71.0 Å². The molecule has 0 N–H and O–H groups in total. The Hall–Kier alpha value is -2.61. The first-order valence-electron chi connectivity index (χ1n) is 11.2. The van der Waals surface area contributed by atoms with Crippen molar-refractivity contribution in [2.24, 2.45) is 5.10 Å². The maximum Gasteiger partial charge on any atom is 0.257 e. The molecule has 168 valence electrons. The average molecular weight is 438 g/mol. The first-order valence-corrected chi connectivity index (χ1v) is 11.2. The lowest BCUT2D eigenvalue weighted by Gasteiger charge is -2.37. The van der Waals surface area contributed by atoms with E-state index in [1.54, 1.807) is 11.1 Å². The van der Waals surface area contributed by atoms with Gasteiger partial charge in [0.25, 0.3) is 5.91 Å². The van der Waals surface area contributed by atoms with Crippen LogP contribution in [0.4, 0.5) is 4.39 Å². The van der Waals surface area contributed by atoms with Gasteiger partial charge < -0.3 is 9.47 Å². The van der Waals surface area contributed by atoms with Gasteiger partial charge >= 0.3 is 0 Å². The molecule has 6 nitrogen and oxygen atoms in total. The van der Waals surface area contributed by atoms with Crippen molar-refractivity contribution >= 4 is 11.6 Å². The smallest absolute Gasteiger partial charge is 0.257 e. The highest BCUT2D eigenvalue weighted by Gasteiger charge is 2.41. The molecule has 32 heavy (non-hydrogen) atoms. The number of halogens is 1. The van der Waals surface area contributed by atoms with Crippen molar-refractivity contribution in [1.29, 1.82) is 0 Å². The maximum atomic E-state index is 13.8. The van der Waals surface area contributed by atoms with E-state index in [2.05, 4.69) is 4.90 Å². The summed E-state index contributed by atoms with van der Waals surface area (Å²) in [5, 5.41) is 6.30. The molecular weight excluding hydrogens is 409 g/mol. The molecule has 0 unspecified atom stereocenters. The van der Waals surface area contributed by atoms with E-state index in [-0.39, 0.29) is 17.8 Å². The minimum Gasteiger partial charge on any atom is -0.347 e. The van der Waals surface area contributed by atoms with Crippen molar-refractivity contribution < 1.29 is 18.7 Å². The van der Waals surface area contributed by atoms with Crippen LogP contribution in [0.15, 0.2) is 53.6 Å². The molecule has 3 heterocycles. The lowest BCUT2D eigenvalue weighted by molar-refractivity contribution is -0.186. The zero-order chi connectivity index (χ0) is 22.1. The Kier molecular flexibility index (Phi) is 5.80. The molecule has 2 saturated heterocycles. The van der Waals surface area contributed by atoms with E-state index in [4.69, 9.17) is 14.6 Å². The first kappa shape index (κ1) is 21.2. The minimum absolute atomic E-state index is 0.0473. The van der Waals surface area contributed by atoms with E-state index in [1.807, 2.05) is 37.3 Å². The normalized spacial score (nSPS) is 23.0. The Labute approximate surface area is 187 Å². The predicted molar refractivity (Wildman–Crippen MR) is 119 cm³/mol. The van der Waals surface area contributed by atoms with Gasteiger partial charge in [0.2, 0.25) is 0 Å². The third-order valence-electron chi connectivity index (χ3n) is 6.66. The largest absolute Gasteiger partial charge is 0.347 e. The van der Waals surface area contributed by atoms with E-state index < -0.39 is 5.79 Å². The van der Waals surface area contributed by atoms with E-state index >= 15 is 0 Å². The number of hydrogen-bond acceptors (Lipinski definition) is 5. The molecule has 2 fully saturated rings. The highest BCUT2D eigenvalue weighted by atomic mass is 19.1. The number of piperidine rings is 1. The Morgan fingerprint density at radius 2 is 1.88 bits per heavy atom. The summed E-state index contributed by atoms with van der Waals surface area (Å²) in [6, 6.07) is 14.3. The summed E-state index contributed by atoms with van der Waals surface area (Å²) in [7, 11) is 0. The van der Waals surface area contributed by atoms with Crippen molar-refractivity contribution in [3.63, 3.8) is 0 Å². The molecule has 1 spiro atoms. The Morgan fingerprint density at radius 1 is 1.12 bits per heavy atom. The maximum absolute atomic E-state index is 13.8. The number of rotatable bonds is 4. The fourth-order valence-electron chi connectivity index (χ4n) is 4.89. The van der Waals surface area contributed by atoms with Crippen LogP contribution in [0.25, 0.3) is 0 Å². The van der Waals surface area contributed by atoms with E-state index in [0.29, 0.717) is 31.7 Å². The second-order valence-corrected chi connectivity index (χ2v) is 8.76. The van der Waals surface area contributed by atoms with Gasteiger partial charge in [-0.25, -0.2) is 9.40 Å². The van der Waals surface area contributed by atoms with Crippen molar-refractivity contribution in [2.75, 3.05) is 32.8 Å². The van der Waals surface area contributed by atoms with E-state index in [1.165, 1.54) is 12.1 Å². The molecule has 3 aliphatic rings. The van der Waals surface area contributed by atoms with Gasteiger partial charge in [0.05, 0.1) is 31.5 Å². The SMILES string of the molecule is Cc1ccccc1[C@@H]1CC(c2cccc(F)c2)=NN1C(=O)CN1CCC2(CC1)OCCO2. The molecule has 0 aliphatic carbocycles. The van der Waals surface area contributed by atoms with Crippen LogP contribution in [-0.4, -0.2) is 60.2 Å². The summed E-state index contributed by atoms with van der Waals surface area (Å²) in [5.74, 6) is -0.811. The zero-order valence-corrected chi connectivity index (χ0v) is 18.3. The molecule has 1 amide bonds. The topological polar surface area (TPSA) is 54.4 Å². The van der Waals surface area contributed by atoms with Crippen LogP contribution in [-0.2, 0) is 14.3 Å². The highest BCUT2D eigenvalue weighted by Crippen LogP contribution is 2.35. The predicted octanol–water partition coefficient (Wildman–Crippen LogP) is 3.65. The third kappa shape index (κ3) is 4.20. The lowest BCUT2D eigenvalue weighted by atomic mass is 9.95. The Balaban J connectivity index is 1.35. The number of hydrazone groups is 1. The third-order valence-corrected chi connectivity index (χ3v) is 6.66. The van der Waals surface area contributed by atoms with Crippen LogP contribution in [0.3, 0.4) is 0 Å². The van der Waals surface area contributed by atoms with Crippen LogP contribution < -0.4 is 0 Å². The molecule has 3 aliphatic heterocycles. The molecular formula is C25H28FN3O3. The first-order chi connectivity index (χ1) is 15.5. The number of benzene rings is 2. The monoisotopic (exact) mass is 437 g/mol. The summed E-state index contributed by atoms with van der Waals surface area (Å²) in [6.45, 7) is 5.11. The minimum atomic E-state index is -0.459. The van der Waals surface area contributed by atoms with Gasteiger partial charge in [-0.1, -0.05) is 36.4 Å². The van der Waals surface area contributed by atoms with Crippen LogP contribution in [0, 0.1) is 12.7 Å². The van der Waals surface area contributed by atoms with Crippen molar-refractivity contribution in [1.82, 2.24) is 9.91 Å². The number of hydrogen-bond donors (Lipinski definition) is 0. The Bertz CT molecular complexity index is 1020. The number of likely N-dealkylation sites (tertiary alicyclic amines) is 1. The fraction of sp³-hybridized carbons (Fsp3) is 0.440. The standard InChI is InChI=1S/C25H28FN3O3/c1-18-5-2-3-8-21(18)23-16-22(19-6-4-7-20(26)15-19)27-29(23)24(30)17-28-11-9-25(10-12-28)31-13-14-32-25/h2-8,15,23H,9-14,16-17H2,1H3/t23-/m0/s1. The van der Waals surface area contributed by atoms with E-state index in [0.717, 1.165) is 42.8 Å². The van der Waals surface area contributed by atoms with Crippen LogP contribution >= 0.6 is 0 Å². The number of carbonyl (C=O) groups is 1. The van der Waals surface area contributed by atoms with Gasteiger partial charge in [0.15, 0.2) is 5.79 Å². The van der Waals surface area contributed by atoms with Gasteiger partial charge in [-0.3, -0.25) is 9.69 Å². The summed E-state index contributed by atoms with van der Waals surface area (Å²) < 4.78 is 25.4. The second kappa shape index (κ2) is 8.73. The number of carbonyl (C=O) groups excluding carboxylic acids is 1. The van der Waals surface area contributed by atoms with Gasteiger partial charge in [0.1, 0.15) is 5.82 Å². The quantitative estimate of drug-likeness (QED) is 0.733. The van der Waals surface area contributed by atoms with Gasteiger partial charge in [-0.2, -0.15) is 5.10 Å². The van der Waals surface area contributed by atoms with Crippen LogP contribution in [0.2, 0.25) is 0 Å². The summed E-state index contributed by atoms with van der Waals surface area (Å²) in [6.07, 6.45) is 2.09. The van der Waals surface area contributed by atoms with Gasteiger partial charge in [-0.15, -0.1) is 0 Å². The van der Waals surface area contributed by atoms with E-state index in [9.17, 15) is 9.18 Å².